The van der Waals surface area contributed by atoms with Gasteiger partial charge in [0, 0.05) is 36.8 Å². The lowest BCUT2D eigenvalue weighted by molar-refractivity contribution is -0.116. The molecule has 2 N–H and O–H groups in total. The summed E-state index contributed by atoms with van der Waals surface area (Å²) >= 11 is 5.90. The molecule has 6 heteroatoms. The third-order valence-electron chi connectivity index (χ3n) is 4.23. The number of nitrogens with one attached hydrogen (secondary N) is 2. The van der Waals surface area contributed by atoms with E-state index in [0.717, 1.165) is 50.2 Å². The van der Waals surface area contributed by atoms with Crippen LogP contribution in [0.2, 0.25) is 5.02 Å². The molecule has 0 bridgehead atoms. The summed E-state index contributed by atoms with van der Waals surface area (Å²) in [6, 6.07) is 7.27. The second-order valence-corrected chi connectivity index (χ2v) is 6.18. The van der Waals surface area contributed by atoms with Crippen LogP contribution in [0.1, 0.15) is 6.42 Å². The molecule has 3 rings (SSSR count). The van der Waals surface area contributed by atoms with Crippen molar-refractivity contribution in [2.24, 2.45) is 11.8 Å². The van der Waals surface area contributed by atoms with E-state index in [1.807, 2.05) is 12.1 Å². The van der Waals surface area contributed by atoms with Crippen LogP contribution >= 0.6 is 24.0 Å². The van der Waals surface area contributed by atoms with Gasteiger partial charge in [-0.2, -0.15) is 0 Å². The number of benzene rings is 1. The largest absolute Gasteiger partial charge is 0.326 e. The molecule has 2 heterocycles. The van der Waals surface area contributed by atoms with Gasteiger partial charge in [-0.3, -0.25) is 4.79 Å². The smallest absolute Gasteiger partial charge is 0.225 e. The van der Waals surface area contributed by atoms with E-state index in [1.165, 1.54) is 0 Å². The molecular formula is C15H21Cl2N3O. The Bertz CT molecular complexity index is 486. The maximum Gasteiger partial charge on any atom is 0.225 e. The summed E-state index contributed by atoms with van der Waals surface area (Å²) in [7, 11) is 0. The van der Waals surface area contributed by atoms with Crippen molar-refractivity contribution < 1.29 is 4.79 Å². The Kier molecular flexibility index (Phi) is 5.88. The fourth-order valence-corrected chi connectivity index (χ4v) is 3.37. The Balaban J connectivity index is 0.00000161. The van der Waals surface area contributed by atoms with Crippen molar-refractivity contribution in [3.05, 3.63) is 29.3 Å². The predicted molar refractivity (Wildman–Crippen MR) is 88.2 cm³/mol. The van der Waals surface area contributed by atoms with Crippen LogP contribution < -0.4 is 10.6 Å². The second-order valence-electron chi connectivity index (χ2n) is 5.75. The van der Waals surface area contributed by atoms with Gasteiger partial charge in [-0.1, -0.05) is 17.7 Å². The predicted octanol–water partition coefficient (Wildman–Crippen LogP) is 2.24. The fourth-order valence-electron chi connectivity index (χ4n) is 3.18. The van der Waals surface area contributed by atoms with Crippen molar-refractivity contribution in [1.29, 1.82) is 0 Å². The molecule has 2 aliphatic heterocycles. The van der Waals surface area contributed by atoms with Gasteiger partial charge in [0.2, 0.25) is 5.91 Å². The maximum absolute atomic E-state index is 11.9. The first kappa shape index (κ1) is 16.6. The van der Waals surface area contributed by atoms with Crippen LogP contribution in [0.15, 0.2) is 24.3 Å². The third kappa shape index (κ3) is 4.33. The van der Waals surface area contributed by atoms with Crippen molar-refractivity contribution >= 4 is 35.6 Å². The van der Waals surface area contributed by atoms with Crippen molar-refractivity contribution in [1.82, 2.24) is 10.2 Å². The second kappa shape index (κ2) is 7.45. The molecule has 2 atom stereocenters. The first-order chi connectivity index (χ1) is 9.70. The normalized spacial score (nSPS) is 24.4. The summed E-state index contributed by atoms with van der Waals surface area (Å²) in [5, 5.41) is 6.97. The molecule has 0 spiro atoms. The number of halogens is 2. The molecule has 2 aliphatic rings. The van der Waals surface area contributed by atoms with Crippen LogP contribution in [0.4, 0.5) is 5.69 Å². The van der Waals surface area contributed by atoms with Crippen molar-refractivity contribution in [3.63, 3.8) is 0 Å². The number of hydrogen-bond acceptors (Lipinski definition) is 3. The van der Waals surface area contributed by atoms with E-state index < -0.39 is 0 Å². The summed E-state index contributed by atoms with van der Waals surface area (Å²) < 4.78 is 0. The molecule has 2 fully saturated rings. The Morgan fingerprint density at radius 2 is 2.05 bits per heavy atom. The van der Waals surface area contributed by atoms with Crippen LogP contribution in [0, 0.1) is 11.8 Å². The molecule has 0 saturated carbocycles. The zero-order valence-electron chi connectivity index (χ0n) is 11.8. The van der Waals surface area contributed by atoms with Crippen molar-refractivity contribution in [2.45, 2.75) is 6.42 Å². The Morgan fingerprint density at radius 1 is 1.33 bits per heavy atom. The van der Waals surface area contributed by atoms with Gasteiger partial charge in [0.25, 0.3) is 0 Å². The summed E-state index contributed by atoms with van der Waals surface area (Å²) in [4.78, 5) is 14.3. The first-order valence-electron chi connectivity index (χ1n) is 7.19. The molecule has 1 aromatic carbocycles. The van der Waals surface area contributed by atoms with E-state index in [9.17, 15) is 4.79 Å². The average molecular weight is 330 g/mol. The van der Waals surface area contributed by atoms with Gasteiger partial charge >= 0.3 is 0 Å². The molecular weight excluding hydrogens is 309 g/mol. The number of hydrogen-bond donors (Lipinski definition) is 2. The van der Waals surface area contributed by atoms with E-state index in [2.05, 4.69) is 15.5 Å². The summed E-state index contributed by atoms with van der Waals surface area (Å²) in [6.45, 7) is 5.37. The van der Waals surface area contributed by atoms with Crippen molar-refractivity contribution in [3.8, 4) is 0 Å². The number of nitrogens with zero attached hydrogens (tertiary/aromatic N) is 1. The number of likely N-dealkylation sites (tertiary alicyclic amines) is 1. The Morgan fingerprint density at radius 3 is 2.71 bits per heavy atom. The van der Waals surface area contributed by atoms with Crippen molar-refractivity contribution in [2.75, 3.05) is 38.0 Å². The summed E-state index contributed by atoms with van der Waals surface area (Å²) in [6.07, 6.45) is 0.541. The zero-order valence-corrected chi connectivity index (χ0v) is 13.4. The highest BCUT2D eigenvalue weighted by Crippen LogP contribution is 2.26. The fraction of sp³-hybridized carbons (Fsp3) is 0.533. The molecule has 1 aromatic rings. The van der Waals surface area contributed by atoms with Gasteiger partial charge in [-0.15, -0.1) is 12.4 Å². The zero-order chi connectivity index (χ0) is 13.9. The van der Waals surface area contributed by atoms with E-state index in [4.69, 9.17) is 11.6 Å². The SMILES string of the molecule is Cl.O=C(CCN1C[C@H]2CNC[C@H]2C1)Nc1cccc(Cl)c1. The summed E-state index contributed by atoms with van der Waals surface area (Å²) in [5.41, 5.74) is 0.769. The highest BCUT2D eigenvalue weighted by molar-refractivity contribution is 6.30. The monoisotopic (exact) mass is 329 g/mol. The van der Waals surface area contributed by atoms with Crippen LogP contribution in [-0.2, 0) is 4.79 Å². The minimum Gasteiger partial charge on any atom is -0.326 e. The number of fused-ring (bicyclic) bond motifs is 1. The van der Waals surface area contributed by atoms with Gasteiger partial charge in [0.05, 0.1) is 0 Å². The minimum absolute atomic E-state index is 0. The molecule has 116 valence electrons. The molecule has 0 aromatic heterocycles. The highest BCUT2D eigenvalue weighted by atomic mass is 35.5. The number of rotatable bonds is 4. The molecule has 0 unspecified atom stereocenters. The number of carbonyl (C=O) groups is 1. The lowest BCUT2D eigenvalue weighted by atomic mass is 10.0. The lowest BCUT2D eigenvalue weighted by Gasteiger charge is -2.16. The third-order valence-corrected chi connectivity index (χ3v) is 4.46. The van der Waals surface area contributed by atoms with Crippen LogP contribution in [0.3, 0.4) is 0 Å². The number of anilines is 1. The van der Waals surface area contributed by atoms with Gasteiger partial charge < -0.3 is 15.5 Å². The molecule has 4 nitrogen and oxygen atoms in total. The van der Waals surface area contributed by atoms with Crippen LogP contribution in [0.25, 0.3) is 0 Å². The molecule has 2 saturated heterocycles. The van der Waals surface area contributed by atoms with Gasteiger partial charge in [-0.25, -0.2) is 0 Å². The number of carbonyl (C=O) groups excluding carboxylic acids is 1. The van der Waals surface area contributed by atoms with E-state index in [1.54, 1.807) is 12.1 Å². The molecule has 0 aliphatic carbocycles. The molecule has 1 amide bonds. The van der Waals surface area contributed by atoms with E-state index in [0.29, 0.717) is 11.4 Å². The molecule has 21 heavy (non-hydrogen) atoms. The lowest BCUT2D eigenvalue weighted by Crippen LogP contribution is -2.29. The van der Waals surface area contributed by atoms with E-state index >= 15 is 0 Å². The first-order valence-corrected chi connectivity index (χ1v) is 7.57. The topological polar surface area (TPSA) is 44.4 Å². The standard InChI is InChI=1S/C15H20ClN3O.ClH/c16-13-2-1-3-14(6-13)18-15(20)4-5-19-9-11-7-17-8-12(11)10-19;/h1-3,6,11-12,17H,4-5,7-10H2,(H,18,20);1H/t11-,12+;. The highest BCUT2D eigenvalue weighted by Gasteiger charge is 2.35. The Hall–Kier alpha value is -0.810. The van der Waals surface area contributed by atoms with Crippen LogP contribution in [0.5, 0.6) is 0 Å². The van der Waals surface area contributed by atoms with Crippen LogP contribution in [-0.4, -0.2) is 43.5 Å². The minimum atomic E-state index is 0. The quantitative estimate of drug-likeness (QED) is 0.890. The maximum atomic E-state index is 11.9. The van der Waals surface area contributed by atoms with Gasteiger partial charge in [0.15, 0.2) is 0 Å². The molecule has 0 radical (unpaired) electrons. The number of amides is 1. The van der Waals surface area contributed by atoms with E-state index in [-0.39, 0.29) is 18.3 Å². The Labute approximate surface area is 136 Å². The van der Waals surface area contributed by atoms with Gasteiger partial charge in [0.1, 0.15) is 0 Å². The summed E-state index contributed by atoms with van der Waals surface area (Å²) in [5.74, 6) is 1.62. The average Bonchev–Trinajstić information content (AvgIpc) is 2.97. The van der Waals surface area contributed by atoms with Gasteiger partial charge in [-0.05, 0) is 43.1 Å².